The first-order chi connectivity index (χ1) is 9.27. The first kappa shape index (κ1) is 15.5. The molecule has 1 unspecified atom stereocenters. The number of aldehydes is 1. The number of Topliss-reactive ketones (excluding diaryl/α,β-unsaturated/α-hetero) is 1. The van der Waals surface area contributed by atoms with Crippen LogP contribution in [0.25, 0.3) is 0 Å². The molecule has 2 rings (SSSR count). The molecule has 0 saturated heterocycles. The molecule has 0 aliphatic heterocycles. The Balaban J connectivity index is 2.46. The topological polar surface area (TPSA) is 68.3 Å². The average molecular weight is 335 g/mol. The molecular weight excluding hydrogens is 323 g/mol. The number of carbonyl (C=O) groups excluding carboxylic acids is 2. The summed E-state index contributed by atoms with van der Waals surface area (Å²) >= 11 is 11.9. The minimum atomic E-state index is -3.53. The van der Waals surface area contributed by atoms with Crippen LogP contribution in [0.4, 0.5) is 0 Å². The van der Waals surface area contributed by atoms with Gasteiger partial charge in [-0.1, -0.05) is 23.2 Å². The minimum absolute atomic E-state index is 0.0597. The lowest BCUT2D eigenvalue weighted by Gasteiger charge is -2.12. The van der Waals surface area contributed by atoms with Crippen LogP contribution in [-0.4, -0.2) is 26.7 Å². The zero-order valence-electron chi connectivity index (χ0n) is 10.6. The van der Waals surface area contributed by atoms with Crippen LogP contribution in [0.5, 0.6) is 0 Å². The normalized spacial score (nSPS) is 16.8. The largest absolute Gasteiger partial charge is 0.303 e. The summed E-state index contributed by atoms with van der Waals surface area (Å²) in [4.78, 5) is 23.2. The number of sulfone groups is 1. The molecule has 108 valence electrons. The second kappa shape index (κ2) is 5.47. The lowest BCUT2D eigenvalue weighted by Crippen LogP contribution is -2.19. The fourth-order valence-electron chi connectivity index (χ4n) is 2.03. The molecule has 1 aromatic carbocycles. The summed E-state index contributed by atoms with van der Waals surface area (Å²) in [6.07, 6.45) is 3.29. The number of hydrogen-bond donors (Lipinski definition) is 0. The molecule has 20 heavy (non-hydrogen) atoms. The van der Waals surface area contributed by atoms with E-state index in [1.807, 2.05) is 0 Å². The SMILES string of the molecule is CS(=O)(=O)c1ccc(C(=O)C(C=O)C2CC2)c(Cl)c1Cl. The predicted octanol–water partition coefficient (Wildman–Crippen LogP) is 2.80. The highest BCUT2D eigenvalue weighted by molar-refractivity contribution is 7.90. The van der Waals surface area contributed by atoms with Gasteiger partial charge in [0.05, 0.1) is 20.9 Å². The third kappa shape index (κ3) is 2.90. The first-order valence-corrected chi connectivity index (χ1v) is 8.59. The van der Waals surface area contributed by atoms with Crippen molar-refractivity contribution in [2.75, 3.05) is 6.26 Å². The Morgan fingerprint density at radius 2 is 1.90 bits per heavy atom. The maximum absolute atomic E-state index is 12.3. The van der Waals surface area contributed by atoms with Crippen LogP contribution in [0, 0.1) is 11.8 Å². The average Bonchev–Trinajstić information content (AvgIpc) is 3.16. The number of hydrogen-bond acceptors (Lipinski definition) is 4. The second-order valence-electron chi connectivity index (χ2n) is 4.87. The summed E-state index contributed by atoms with van der Waals surface area (Å²) in [7, 11) is -3.53. The van der Waals surface area contributed by atoms with E-state index in [4.69, 9.17) is 23.2 Å². The van der Waals surface area contributed by atoms with Gasteiger partial charge in [0.1, 0.15) is 6.29 Å². The number of rotatable bonds is 5. The Bertz CT molecular complexity index is 678. The van der Waals surface area contributed by atoms with E-state index in [9.17, 15) is 18.0 Å². The highest BCUT2D eigenvalue weighted by atomic mass is 35.5. The number of benzene rings is 1. The van der Waals surface area contributed by atoms with Crippen LogP contribution in [-0.2, 0) is 14.6 Å². The molecule has 4 nitrogen and oxygen atoms in total. The molecule has 1 aliphatic rings. The van der Waals surface area contributed by atoms with Crippen molar-refractivity contribution in [3.63, 3.8) is 0 Å². The second-order valence-corrected chi connectivity index (χ2v) is 7.62. The van der Waals surface area contributed by atoms with Gasteiger partial charge in [-0.15, -0.1) is 0 Å². The summed E-state index contributed by atoms with van der Waals surface area (Å²) < 4.78 is 23.0. The maximum atomic E-state index is 12.3. The summed E-state index contributed by atoms with van der Waals surface area (Å²) in [6, 6.07) is 2.55. The lowest BCUT2D eigenvalue weighted by molar-refractivity contribution is -0.110. The molecular formula is C13H12Cl2O4S. The maximum Gasteiger partial charge on any atom is 0.177 e. The Kier molecular flexibility index (Phi) is 4.23. The van der Waals surface area contributed by atoms with E-state index >= 15 is 0 Å². The van der Waals surface area contributed by atoms with Crippen molar-refractivity contribution in [3.05, 3.63) is 27.7 Å². The number of halogens is 2. The summed E-state index contributed by atoms with van der Waals surface area (Å²) in [6.45, 7) is 0. The van der Waals surface area contributed by atoms with Gasteiger partial charge in [0.15, 0.2) is 15.6 Å². The van der Waals surface area contributed by atoms with Crippen LogP contribution < -0.4 is 0 Å². The smallest absolute Gasteiger partial charge is 0.177 e. The first-order valence-electron chi connectivity index (χ1n) is 5.95. The van der Waals surface area contributed by atoms with Crippen molar-refractivity contribution in [3.8, 4) is 0 Å². The van der Waals surface area contributed by atoms with Crippen LogP contribution in [0.3, 0.4) is 0 Å². The molecule has 0 radical (unpaired) electrons. The van der Waals surface area contributed by atoms with Gasteiger partial charge >= 0.3 is 0 Å². The number of ketones is 1. The molecule has 0 amide bonds. The van der Waals surface area contributed by atoms with E-state index in [1.54, 1.807) is 0 Å². The van der Waals surface area contributed by atoms with Gasteiger partial charge in [0.2, 0.25) is 0 Å². The van der Waals surface area contributed by atoms with E-state index in [0.717, 1.165) is 19.1 Å². The summed E-state index contributed by atoms with van der Waals surface area (Å²) in [5.41, 5.74) is 0.0908. The van der Waals surface area contributed by atoms with Crippen molar-refractivity contribution in [1.82, 2.24) is 0 Å². The zero-order valence-corrected chi connectivity index (χ0v) is 12.9. The Hall–Kier alpha value is -0.910. The van der Waals surface area contributed by atoms with Gasteiger partial charge < -0.3 is 4.79 Å². The van der Waals surface area contributed by atoms with E-state index in [1.165, 1.54) is 12.1 Å². The van der Waals surface area contributed by atoms with E-state index in [-0.39, 0.29) is 26.4 Å². The fourth-order valence-corrected chi connectivity index (χ4v) is 3.67. The van der Waals surface area contributed by atoms with Crippen molar-refractivity contribution in [1.29, 1.82) is 0 Å². The molecule has 1 atom stereocenters. The highest BCUT2D eigenvalue weighted by Crippen LogP contribution is 2.40. The van der Waals surface area contributed by atoms with Crippen molar-refractivity contribution in [2.24, 2.45) is 11.8 Å². The zero-order chi connectivity index (χ0) is 15.1. The summed E-state index contributed by atoms with van der Waals surface area (Å²) in [5, 5.41) is -0.299. The van der Waals surface area contributed by atoms with Crippen molar-refractivity contribution >= 4 is 45.1 Å². The van der Waals surface area contributed by atoms with Gasteiger partial charge in [0, 0.05) is 11.8 Å². The minimum Gasteiger partial charge on any atom is -0.303 e. The lowest BCUT2D eigenvalue weighted by atomic mass is 9.94. The number of carbonyl (C=O) groups is 2. The van der Waals surface area contributed by atoms with Crippen molar-refractivity contribution in [2.45, 2.75) is 17.7 Å². The molecule has 0 aromatic heterocycles. The third-order valence-electron chi connectivity index (χ3n) is 3.29. The molecule has 0 heterocycles. The molecule has 0 bridgehead atoms. The molecule has 1 aliphatic carbocycles. The van der Waals surface area contributed by atoms with Gasteiger partial charge in [0.25, 0.3) is 0 Å². The Morgan fingerprint density at radius 1 is 1.30 bits per heavy atom. The fraction of sp³-hybridized carbons (Fsp3) is 0.385. The molecule has 1 aromatic rings. The van der Waals surface area contributed by atoms with E-state index < -0.39 is 21.5 Å². The Labute approximate surface area is 127 Å². The molecule has 1 saturated carbocycles. The van der Waals surface area contributed by atoms with Crippen LogP contribution >= 0.6 is 23.2 Å². The van der Waals surface area contributed by atoms with E-state index in [2.05, 4.69) is 0 Å². The standard InChI is InChI=1S/C13H12Cl2O4S/c1-20(18,19)10-5-4-8(11(14)12(10)15)13(17)9(6-16)7-2-3-7/h4-7,9H,2-3H2,1H3. The quantitative estimate of drug-likeness (QED) is 0.471. The van der Waals surface area contributed by atoms with Gasteiger partial charge in [-0.3, -0.25) is 4.79 Å². The van der Waals surface area contributed by atoms with Gasteiger partial charge in [-0.2, -0.15) is 0 Å². The molecule has 0 N–H and O–H groups in total. The predicted molar refractivity (Wildman–Crippen MR) is 76.2 cm³/mol. The molecule has 1 fully saturated rings. The summed E-state index contributed by atoms with van der Waals surface area (Å²) in [5.74, 6) is -1.08. The van der Waals surface area contributed by atoms with E-state index in [0.29, 0.717) is 6.29 Å². The van der Waals surface area contributed by atoms with Gasteiger partial charge in [-0.05, 0) is 30.9 Å². The highest BCUT2D eigenvalue weighted by Gasteiger charge is 2.37. The Morgan fingerprint density at radius 3 is 2.35 bits per heavy atom. The van der Waals surface area contributed by atoms with Crippen LogP contribution in [0.15, 0.2) is 17.0 Å². The van der Waals surface area contributed by atoms with Gasteiger partial charge in [-0.25, -0.2) is 8.42 Å². The molecule has 7 heteroatoms. The van der Waals surface area contributed by atoms with Crippen LogP contribution in [0.2, 0.25) is 10.0 Å². The molecule has 0 spiro atoms. The van der Waals surface area contributed by atoms with Crippen LogP contribution in [0.1, 0.15) is 23.2 Å². The monoisotopic (exact) mass is 334 g/mol. The van der Waals surface area contributed by atoms with Crippen molar-refractivity contribution < 1.29 is 18.0 Å². The third-order valence-corrected chi connectivity index (χ3v) is 5.42.